The van der Waals surface area contributed by atoms with Gasteiger partial charge in [0.05, 0.1) is 5.75 Å². The number of hydrogen-bond acceptors (Lipinski definition) is 3. The first-order valence-corrected chi connectivity index (χ1v) is 8.73. The van der Waals surface area contributed by atoms with E-state index < -0.39 is 10.0 Å². The van der Waals surface area contributed by atoms with Gasteiger partial charge in [-0.15, -0.1) is 0 Å². The van der Waals surface area contributed by atoms with Gasteiger partial charge < -0.3 is 0 Å². The molecule has 5 heteroatoms. The molecule has 1 aromatic carbocycles. The van der Waals surface area contributed by atoms with Gasteiger partial charge in [0.25, 0.3) is 0 Å². The van der Waals surface area contributed by atoms with E-state index in [9.17, 15) is 13.2 Å². The van der Waals surface area contributed by atoms with Crippen molar-refractivity contribution in [3.8, 4) is 0 Å². The summed E-state index contributed by atoms with van der Waals surface area (Å²) in [5.41, 5.74) is 1.17. The molecule has 1 saturated carbocycles. The fourth-order valence-electron chi connectivity index (χ4n) is 2.70. The Balaban J connectivity index is 2.10. The van der Waals surface area contributed by atoms with Crippen molar-refractivity contribution in [2.45, 2.75) is 33.1 Å². The molecule has 0 aliphatic heterocycles. The van der Waals surface area contributed by atoms with Gasteiger partial charge in [-0.25, -0.2) is 8.42 Å². The molecule has 0 saturated heterocycles. The van der Waals surface area contributed by atoms with E-state index in [0.29, 0.717) is 17.2 Å². The molecule has 20 heavy (non-hydrogen) atoms. The van der Waals surface area contributed by atoms with Crippen molar-refractivity contribution in [3.05, 3.63) is 29.8 Å². The van der Waals surface area contributed by atoms with Crippen LogP contribution in [0.1, 0.15) is 43.5 Å². The Hall–Kier alpha value is -1.36. The first-order valence-electron chi connectivity index (χ1n) is 7.07. The zero-order valence-corrected chi connectivity index (χ0v) is 12.7. The predicted octanol–water partition coefficient (Wildman–Crippen LogP) is 3.07. The molecular formula is C15H21NO3S. The number of carbonyl (C=O) groups is 1. The normalized spacial score (nSPS) is 22.7. The first kappa shape index (κ1) is 15.0. The van der Waals surface area contributed by atoms with Gasteiger partial charge in [-0.2, -0.15) is 0 Å². The summed E-state index contributed by atoms with van der Waals surface area (Å²) in [5.74, 6) is 0.779. The van der Waals surface area contributed by atoms with Crippen molar-refractivity contribution in [3.63, 3.8) is 0 Å². The monoisotopic (exact) mass is 295 g/mol. The van der Waals surface area contributed by atoms with Crippen LogP contribution in [0.4, 0.5) is 5.69 Å². The van der Waals surface area contributed by atoms with Crippen LogP contribution in [-0.2, 0) is 10.0 Å². The van der Waals surface area contributed by atoms with E-state index >= 15 is 0 Å². The largest absolute Gasteiger partial charge is 0.294 e. The molecule has 0 radical (unpaired) electrons. The quantitative estimate of drug-likeness (QED) is 0.849. The molecule has 1 aliphatic rings. The zero-order valence-electron chi connectivity index (χ0n) is 11.9. The van der Waals surface area contributed by atoms with E-state index in [4.69, 9.17) is 0 Å². The van der Waals surface area contributed by atoms with Crippen LogP contribution in [0, 0.1) is 11.8 Å². The molecule has 2 unspecified atom stereocenters. The van der Waals surface area contributed by atoms with Crippen LogP contribution in [0.3, 0.4) is 0 Å². The van der Waals surface area contributed by atoms with Crippen LogP contribution < -0.4 is 4.72 Å². The third kappa shape index (κ3) is 3.39. The van der Waals surface area contributed by atoms with E-state index in [1.54, 1.807) is 31.2 Å². The number of carbonyl (C=O) groups excluding carboxylic acids is 1. The van der Waals surface area contributed by atoms with Crippen LogP contribution >= 0.6 is 0 Å². The van der Waals surface area contributed by atoms with E-state index in [0.717, 1.165) is 19.3 Å². The molecular weight excluding hydrogens is 274 g/mol. The van der Waals surface area contributed by atoms with Gasteiger partial charge in [0, 0.05) is 17.2 Å². The molecule has 1 aliphatic carbocycles. The molecule has 1 aromatic rings. The lowest BCUT2D eigenvalue weighted by Gasteiger charge is -2.14. The maximum atomic E-state index is 12.4. The van der Waals surface area contributed by atoms with Crippen molar-refractivity contribution >= 4 is 21.5 Å². The van der Waals surface area contributed by atoms with Gasteiger partial charge in [-0.05, 0) is 49.9 Å². The minimum absolute atomic E-state index is 0.0350. The van der Waals surface area contributed by atoms with Crippen LogP contribution in [0.15, 0.2) is 24.3 Å². The van der Waals surface area contributed by atoms with Crippen molar-refractivity contribution in [1.82, 2.24) is 0 Å². The Morgan fingerprint density at radius 1 is 1.25 bits per heavy atom. The Morgan fingerprint density at radius 3 is 2.40 bits per heavy atom. The SMILES string of the molecule is CCS(=O)(=O)Nc1ccc(C(=O)C2CCCC2C)cc1. The second-order valence-electron chi connectivity index (χ2n) is 5.46. The Labute approximate surface area is 120 Å². The summed E-state index contributed by atoms with van der Waals surface area (Å²) >= 11 is 0. The average Bonchev–Trinajstić information content (AvgIpc) is 2.85. The summed E-state index contributed by atoms with van der Waals surface area (Å²) in [6.07, 6.45) is 3.20. The number of nitrogens with one attached hydrogen (secondary N) is 1. The summed E-state index contributed by atoms with van der Waals surface area (Å²) in [4.78, 5) is 12.4. The average molecular weight is 295 g/mol. The zero-order chi connectivity index (χ0) is 14.8. The molecule has 0 aromatic heterocycles. The number of anilines is 1. The summed E-state index contributed by atoms with van der Waals surface area (Å²) in [6, 6.07) is 6.72. The van der Waals surface area contributed by atoms with Crippen molar-refractivity contribution in [1.29, 1.82) is 0 Å². The number of ketones is 1. The third-order valence-corrected chi connectivity index (χ3v) is 5.33. The Bertz CT molecular complexity index is 578. The fourth-order valence-corrected chi connectivity index (χ4v) is 3.34. The highest BCUT2D eigenvalue weighted by Gasteiger charge is 2.30. The van der Waals surface area contributed by atoms with Gasteiger partial charge in [-0.3, -0.25) is 9.52 Å². The van der Waals surface area contributed by atoms with Crippen LogP contribution in [0.25, 0.3) is 0 Å². The molecule has 0 spiro atoms. The van der Waals surface area contributed by atoms with Gasteiger partial charge in [0.15, 0.2) is 5.78 Å². The molecule has 0 bridgehead atoms. The third-order valence-electron chi connectivity index (χ3n) is 4.02. The first-order chi connectivity index (χ1) is 9.43. The molecule has 2 atom stereocenters. The Morgan fingerprint density at radius 2 is 1.90 bits per heavy atom. The van der Waals surface area contributed by atoms with Gasteiger partial charge in [0.2, 0.25) is 10.0 Å². The van der Waals surface area contributed by atoms with E-state index in [-0.39, 0.29) is 17.5 Å². The number of rotatable bonds is 5. The minimum atomic E-state index is -3.27. The smallest absolute Gasteiger partial charge is 0.232 e. The highest BCUT2D eigenvalue weighted by atomic mass is 32.2. The topological polar surface area (TPSA) is 63.2 Å². The summed E-state index contributed by atoms with van der Waals surface area (Å²) < 4.78 is 25.4. The summed E-state index contributed by atoms with van der Waals surface area (Å²) in [7, 11) is -3.27. The van der Waals surface area contributed by atoms with Crippen LogP contribution in [0.5, 0.6) is 0 Å². The van der Waals surface area contributed by atoms with Crippen LogP contribution in [0.2, 0.25) is 0 Å². The lowest BCUT2D eigenvalue weighted by Crippen LogP contribution is -2.17. The van der Waals surface area contributed by atoms with E-state index in [1.807, 2.05) is 0 Å². The molecule has 0 heterocycles. The van der Waals surface area contributed by atoms with E-state index in [2.05, 4.69) is 11.6 Å². The standard InChI is InChI=1S/C15H21NO3S/c1-3-20(18,19)16-13-9-7-12(8-10-13)15(17)14-6-4-5-11(14)2/h7-11,14,16H,3-6H2,1-2H3. The number of benzene rings is 1. The second kappa shape index (κ2) is 5.95. The molecule has 1 N–H and O–H groups in total. The molecule has 4 nitrogen and oxygen atoms in total. The highest BCUT2D eigenvalue weighted by molar-refractivity contribution is 7.92. The fraction of sp³-hybridized carbons (Fsp3) is 0.533. The number of hydrogen-bond donors (Lipinski definition) is 1. The molecule has 1 fully saturated rings. The van der Waals surface area contributed by atoms with Gasteiger partial charge >= 0.3 is 0 Å². The maximum absolute atomic E-state index is 12.4. The van der Waals surface area contributed by atoms with Gasteiger partial charge in [0.1, 0.15) is 0 Å². The molecule has 2 rings (SSSR count). The molecule has 0 amide bonds. The molecule has 110 valence electrons. The number of sulfonamides is 1. The summed E-state index contributed by atoms with van der Waals surface area (Å²) in [6.45, 7) is 3.71. The van der Waals surface area contributed by atoms with Crippen LogP contribution in [-0.4, -0.2) is 20.0 Å². The van der Waals surface area contributed by atoms with E-state index in [1.165, 1.54) is 0 Å². The van der Waals surface area contributed by atoms with Crippen molar-refractivity contribution < 1.29 is 13.2 Å². The maximum Gasteiger partial charge on any atom is 0.232 e. The Kier molecular flexibility index (Phi) is 4.48. The number of Topliss-reactive ketones (excluding diaryl/α,β-unsaturated/α-hetero) is 1. The second-order valence-corrected chi connectivity index (χ2v) is 7.47. The van der Waals surface area contributed by atoms with Crippen molar-refractivity contribution in [2.75, 3.05) is 10.5 Å². The lowest BCUT2D eigenvalue weighted by molar-refractivity contribution is 0.0897. The van der Waals surface area contributed by atoms with Gasteiger partial charge in [-0.1, -0.05) is 13.3 Å². The lowest BCUT2D eigenvalue weighted by atomic mass is 9.89. The minimum Gasteiger partial charge on any atom is -0.294 e. The highest BCUT2D eigenvalue weighted by Crippen LogP contribution is 2.33. The predicted molar refractivity (Wildman–Crippen MR) is 80.4 cm³/mol. The summed E-state index contributed by atoms with van der Waals surface area (Å²) in [5, 5.41) is 0. The van der Waals surface area contributed by atoms with Crippen molar-refractivity contribution in [2.24, 2.45) is 11.8 Å².